The van der Waals surface area contributed by atoms with Crippen molar-refractivity contribution < 1.29 is 5.11 Å². The average Bonchev–Trinajstić information content (AvgIpc) is 2.54. The van der Waals surface area contributed by atoms with Gasteiger partial charge in [0.2, 0.25) is 0 Å². The summed E-state index contributed by atoms with van der Waals surface area (Å²) in [6.45, 7) is 0.395. The molecule has 1 heterocycles. The molecular weight excluding hydrogens is 262 g/mol. The molecule has 1 aromatic heterocycles. The van der Waals surface area contributed by atoms with Crippen LogP contribution >= 0.6 is 0 Å². The quantitative estimate of drug-likeness (QED) is 0.906. The Bertz CT molecular complexity index is 692. The second kappa shape index (κ2) is 5.55. The average molecular weight is 279 g/mol. The van der Waals surface area contributed by atoms with E-state index >= 15 is 0 Å². The van der Waals surface area contributed by atoms with Crippen molar-refractivity contribution in [1.29, 1.82) is 5.26 Å². The number of nitrogens with one attached hydrogen (secondary N) is 1. The summed E-state index contributed by atoms with van der Waals surface area (Å²) in [4.78, 5) is 4.18. The maximum Gasteiger partial charge on any atom is 0.142 e. The molecular formula is C17H17N3O. The number of aliphatic hydroxyl groups is 1. The second-order valence-electron chi connectivity index (χ2n) is 5.42. The molecule has 3 rings (SSSR count). The van der Waals surface area contributed by atoms with Gasteiger partial charge in [0.05, 0.1) is 0 Å². The topological polar surface area (TPSA) is 68.9 Å². The maximum absolute atomic E-state index is 11.0. The fourth-order valence-corrected chi connectivity index (χ4v) is 2.91. The molecule has 0 saturated heterocycles. The Morgan fingerprint density at radius 1 is 1.24 bits per heavy atom. The van der Waals surface area contributed by atoms with Gasteiger partial charge in [0.1, 0.15) is 23.2 Å². The van der Waals surface area contributed by atoms with Crippen LogP contribution in [0.2, 0.25) is 0 Å². The molecule has 0 radical (unpaired) electrons. The van der Waals surface area contributed by atoms with E-state index in [-0.39, 0.29) is 0 Å². The molecule has 1 aliphatic rings. The van der Waals surface area contributed by atoms with Gasteiger partial charge < -0.3 is 10.4 Å². The Morgan fingerprint density at radius 2 is 2.10 bits per heavy atom. The summed E-state index contributed by atoms with van der Waals surface area (Å²) in [5, 5.41) is 23.0. The standard InChI is InChI=1S/C17H17N3O/c18-11-14-7-3-9-16(20-14)19-12-17(21)10-4-6-13-5-1-2-8-15(13)17/h1-3,5,7-9,21H,4,6,10,12H2,(H,19,20). The van der Waals surface area contributed by atoms with Gasteiger partial charge in [0.15, 0.2) is 0 Å². The minimum atomic E-state index is -0.876. The van der Waals surface area contributed by atoms with E-state index in [1.165, 1.54) is 5.56 Å². The molecule has 0 fully saturated rings. The van der Waals surface area contributed by atoms with E-state index in [4.69, 9.17) is 5.26 Å². The van der Waals surface area contributed by atoms with Gasteiger partial charge in [-0.3, -0.25) is 0 Å². The summed E-state index contributed by atoms with van der Waals surface area (Å²) in [6, 6.07) is 15.3. The van der Waals surface area contributed by atoms with E-state index in [1.54, 1.807) is 18.2 Å². The Balaban J connectivity index is 1.80. The van der Waals surface area contributed by atoms with E-state index in [0.29, 0.717) is 18.1 Å². The van der Waals surface area contributed by atoms with Crippen molar-refractivity contribution in [2.45, 2.75) is 24.9 Å². The fraction of sp³-hybridized carbons (Fsp3) is 0.294. The number of benzene rings is 1. The number of aryl methyl sites for hydroxylation is 1. The molecule has 0 saturated carbocycles. The lowest BCUT2D eigenvalue weighted by Crippen LogP contribution is -2.37. The van der Waals surface area contributed by atoms with Gasteiger partial charge in [-0.15, -0.1) is 0 Å². The number of nitrogens with zero attached hydrogens (tertiary/aromatic N) is 2. The van der Waals surface area contributed by atoms with Gasteiger partial charge >= 0.3 is 0 Å². The molecule has 0 spiro atoms. The van der Waals surface area contributed by atoms with Crippen LogP contribution in [0.5, 0.6) is 0 Å². The first-order valence-electron chi connectivity index (χ1n) is 7.13. The third-order valence-electron chi connectivity index (χ3n) is 3.98. The summed E-state index contributed by atoms with van der Waals surface area (Å²) in [6.07, 6.45) is 2.72. The molecule has 21 heavy (non-hydrogen) atoms. The molecule has 1 unspecified atom stereocenters. The van der Waals surface area contributed by atoms with Crippen LogP contribution in [0.15, 0.2) is 42.5 Å². The third kappa shape index (κ3) is 2.74. The highest BCUT2D eigenvalue weighted by atomic mass is 16.3. The number of anilines is 1. The fourth-order valence-electron chi connectivity index (χ4n) is 2.91. The van der Waals surface area contributed by atoms with Crippen LogP contribution in [-0.4, -0.2) is 16.6 Å². The molecule has 4 nitrogen and oxygen atoms in total. The van der Waals surface area contributed by atoms with E-state index in [2.05, 4.69) is 16.4 Å². The van der Waals surface area contributed by atoms with Crippen molar-refractivity contribution in [3.8, 4) is 6.07 Å². The molecule has 1 aliphatic carbocycles. The van der Waals surface area contributed by atoms with Gasteiger partial charge in [0.25, 0.3) is 0 Å². The molecule has 106 valence electrons. The monoisotopic (exact) mass is 279 g/mol. The Morgan fingerprint density at radius 3 is 2.95 bits per heavy atom. The van der Waals surface area contributed by atoms with Crippen LogP contribution in [0.3, 0.4) is 0 Å². The van der Waals surface area contributed by atoms with Crippen molar-refractivity contribution in [2.75, 3.05) is 11.9 Å². The minimum absolute atomic E-state index is 0.371. The van der Waals surface area contributed by atoms with Crippen molar-refractivity contribution in [3.63, 3.8) is 0 Å². The Kier molecular flexibility index (Phi) is 3.59. The summed E-state index contributed by atoms with van der Waals surface area (Å²) < 4.78 is 0. The van der Waals surface area contributed by atoms with Crippen LogP contribution in [0, 0.1) is 11.3 Å². The highest BCUT2D eigenvalue weighted by Crippen LogP contribution is 2.35. The number of fused-ring (bicyclic) bond motifs is 1. The Labute approximate surface area is 124 Å². The van der Waals surface area contributed by atoms with Crippen molar-refractivity contribution >= 4 is 5.82 Å². The summed E-state index contributed by atoms with van der Waals surface area (Å²) >= 11 is 0. The predicted octanol–water partition coefficient (Wildman–Crippen LogP) is 2.59. The molecule has 0 amide bonds. The van der Waals surface area contributed by atoms with E-state index in [1.807, 2.05) is 24.3 Å². The first kappa shape index (κ1) is 13.6. The largest absolute Gasteiger partial charge is 0.383 e. The van der Waals surface area contributed by atoms with Gasteiger partial charge in [0, 0.05) is 6.54 Å². The van der Waals surface area contributed by atoms with Crippen LogP contribution in [0.4, 0.5) is 5.82 Å². The predicted molar refractivity (Wildman–Crippen MR) is 80.7 cm³/mol. The first-order valence-corrected chi connectivity index (χ1v) is 7.13. The number of aromatic nitrogens is 1. The van der Waals surface area contributed by atoms with Gasteiger partial charge in [-0.2, -0.15) is 5.26 Å². The summed E-state index contributed by atoms with van der Waals surface area (Å²) in [5.74, 6) is 0.616. The maximum atomic E-state index is 11.0. The highest BCUT2D eigenvalue weighted by Gasteiger charge is 2.33. The van der Waals surface area contributed by atoms with Gasteiger partial charge in [-0.25, -0.2) is 4.98 Å². The number of hydrogen-bond donors (Lipinski definition) is 2. The molecule has 1 aromatic carbocycles. The SMILES string of the molecule is N#Cc1cccc(NCC2(O)CCCc3ccccc32)n1. The third-order valence-corrected chi connectivity index (χ3v) is 3.98. The van der Waals surface area contributed by atoms with Crippen molar-refractivity contribution in [3.05, 3.63) is 59.3 Å². The molecule has 1 atom stereocenters. The van der Waals surface area contributed by atoms with Gasteiger partial charge in [-0.05, 0) is 42.5 Å². The second-order valence-corrected chi connectivity index (χ2v) is 5.42. The molecule has 4 heteroatoms. The molecule has 2 aromatic rings. The number of hydrogen-bond acceptors (Lipinski definition) is 4. The molecule has 0 bridgehead atoms. The van der Waals surface area contributed by atoms with Gasteiger partial charge in [-0.1, -0.05) is 30.3 Å². The number of nitriles is 1. The summed E-state index contributed by atoms with van der Waals surface area (Å²) in [5.41, 5.74) is 1.71. The lowest BCUT2D eigenvalue weighted by Gasteiger charge is -2.34. The highest BCUT2D eigenvalue weighted by molar-refractivity contribution is 5.41. The van der Waals surface area contributed by atoms with E-state index < -0.39 is 5.60 Å². The van der Waals surface area contributed by atoms with Crippen molar-refractivity contribution in [2.24, 2.45) is 0 Å². The first-order chi connectivity index (χ1) is 10.2. The Hall–Kier alpha value is -2.38. The van der Waals surface area contributed by atoms with Crippen LogP contribution in [0.25, 0.3) is 0 Å². The lowest BCUT2D eigenvalue weighted by molar-refractivity contribution is 0.0322. The lowest BCUT2D eigenvalue weighted by atomic mass is 9.79. The van der Waals surface area contributed by atoms with Crippen LogP contribution in [-0.2, 0) is 12.0 Å². The normalized spacial score (nSPS) is 20.4. The zero-order valence-corrected chi connectivity index (χ0v) is 11.7. The minimum Gasteiger partial charge on any atom is -0.383 e. The zero-order valence-electron chi connectivity index (χ0n) is 11.7. The molecule has 2 N–H and O–H groups in total. The zero-order chi connectivity index (χ0) is 14.7. The smallest absolute Gasteiger partial charge is 0.142 e. The van der Waals surface area contributed by atoms with Crippen LogP contribution in [0.1, 0.15) is 29.7 Å². The van der Waals surface area contributed by atoms with Crippen LogP contribution < -0.4 is 5.32 Å². The summed E-state index contributed by atoms with van der Waals surface area (Å²) in [7, 11) is 0. The van der Waals surface area contributed by atoms with Crippen molar-refractivity contribution in [1.82, 2.24) is 4.98 Å². The number of rotatable bonds is 3. The molecule has 0 aliphatic heterocycles. The number of pyridine rings is 1. The van der Waals surface area contributed by atoms with E-state index in [9.17, 15) is 5.11 Å². The van der Waals surface area contributed by atoms with E-state index in [0.717, 1.165) is 24.8 Å².